The van der Waals surface area contributed by atoms with Crippen LogP contribution in [0.5, 0.6) is 0 Å². The van der Waals surface area contributed by atoms with E-state index in [-0.39, 0.29) is 5.91 Å². The number of rotatable bonds is 2. The third-order valence-electron chi connectivity index (χ3n) is 5.99. The number of hydrogen-bond donors (Lipinski definition) is 0. The Bertz CT molecular complexity index is 741. The number of piperidine rings is 2. The van der Waals surface area contributed by atoms with Crippen LogP contribution in [0.15, 0.2) is 48.7 Å². The first-order valence-electron chi connectivity index (χ1n) is 9.46. The molecular formula is C21H26N4O. The highest BCUT2D eigenvalue weighted by Crippen LogP contribution is 2.44. The van der Waals surface area contributed by atoms with Crippen LogP contribution >= 0.6 is 0 Å². The highest BCUT2D eigenvalue weighted by atomic mass is 16.2. The highest BCUT2D eigenvalue weighted by Gasteiger charge is 2.42. The first-order chi connectivity index (χ1) is 12.7. The summed E-state index contributed by atoms with van der Waals surface area (Å²) in [4.78, 5) is 17.1. The average molecular weight is 350 g/mol. The third kappa shape index (κ3) is 3.49. The summed E-state index contributed by atoms with van der Waals surface area (Å²) in [6, 6.07) is 14.4. The Morgan fingerprint density at radius 1 is 1.12 bits per heavy atom. The lowest BCUT2D eigenvalue weighted by Crippen LogP contribution is -2.51. The molecule has 2 fully saturated rings. The predicted molar refractivity (Wildman–Crippen MR) is 101 cm³/mol. The van der Waals surface area contributed by atoms with Crippen molar-refractivity contribution in [1.29, 1.82) is 0 Å². The molecule has 3 heterocycles. The number of hydrogen-bond acceptors (Lipinski definition) is 4. The van der Waals surface area contributed by atoms with Crippen LogP contribution in [-0.2, 0) is 0 Å². The number of carbonyl (C=O) groups excluding carboxylic acids is 1. The van der Waals surface area contributed by atoms with Crippen molar-refractivity contribution < 1.29 is 4.79 Å². The lowest BCUT2D eigenvalue weighted by Gasteiger charge is -2.49. The maximum atomic E-state index is 12.6. The van der Waals surface area contributed by atoms with E-state index in [4.69, 9.17) is 0 Å². The summed E-state index contributed by atoms with van der Waals surface area (Å²) in [7, 11) is 2.23. The molecule has 136 valence electrons. The molecule has 26 heavy (non-hydrogen) atoms. The molecular weight excluding hydrogens is 324 g/mol. The molecule has 0 aliphatic carbocycles. The topological polar surface area (TPSA) is 49.3 Å². The highest BCUT2D eigenvalue weighted by molar-refractivity contribution is 5.92. The second kappa shape index (κ2) is 7.16. The fourth-order valence-corrected chi connectivity index (χ4v) is 4.74. The maximum absolute atomic E-state index is 12.6. The van der Waals surface area contributed by atoms with Crippen molar-refractivity contribution >= 4 is 5.91 Å². The van der Waals surface area contributed by atoms with E-state index in [9.17, 15) is 4.79 Å². The second-order valence-corrected chi connectivity index (χ2v) is 7.91. The average Bonchev–Trinajstić information content (AvgIpc) is 2.69. The lowest BCUT2D eigenvalue weighted by atomic mass is 9.68. The predicted octanol–water partition coefficient (Wildman–Crippen LogP) is 2.82. The molecule has 5 heteroatoms. The van der Waals surface area contributed by atoms with Gasteiger partial charge < -0.3 is 9.80 Å². The number of nitrogens with zero attached hydrogens (tertiary/aromatic N) is 4. The molecule has 2 aromatic rings. The minimum absolute atomic E-state index is 0.0109. The van der Waals surface area contributed by atoms with Gasteiger partial charge in [0, 0.05) is 32.4 Å². The van der Waals surface area contributed by atoms with Gasteiger partial charge in [0.2, 0.25) is 0 Å². The molecule has 0 N–H and O–H groups in total. The summed E-state index contributed by atoms with van der Waals surface area (Å²) >= 11 is 0. The molecule has 2 saturated heterocycles. The number of carbonyl (C=O) groups is 1. The third-order valence-corrected chi connectivity index (χ3v) is 5.99. The molecule has 1 atom stereocenters. The molecule has 2 aliphatic heterocycles. The van der Waals surface area contributed by atoms with E-state index < -0.39 is 0 Å². The Morgan fingerprint density at radius 2 is 1.88 bits per heavy atom. The summed E-state index contributed by atoms with van der Waals surface area (Å²) < 4.78 is 0. The van der Waals surface area contributed by atoms with Crippen LogP contribution in [0.4, 0.5) is 0 Å². The van der Waals surface area contributed by atoms with Gasteiger partial charge in [0.25, 0.3) is 5.91 Å². The summed E-state index contributed by atoms with van der Waals surface area (Å²) in [6.45, 7) is 3.87. The van der Waals surface area contributed by atoms with E-state index in [1.165, 1.54) is 12.0 Å². The van der Waals surface area contributed by atoms with Gasteiger partial charge in [-0.25, -0.2) is 0 Å². The van der Waals surface area contributed by atoms with Crippen LogP contribution < -0.4 is 0 Å². The number of benzene rings is 1. The van der Waals surface area contributed by atoms with Gasteiger partial charge in [-0.2, -0.15) is 5.10 Å². The Kier molecular flexibility index (Phi) is 4.72. The Morgan fingerprint density at radius 3 is 2.58 bits per heavy atom. The van der Waals surface area contributed by atoms with E-state index in [0.717, 1.165) is 39.0 Å². The maximum Gasteiger partial charge on any atom is 0.274 e. The Balaban J connectivity index is 1.45. The Labute approximate surface area is 155 Å². The Hall–Kier alpha value is -2.27. The number of aromatic nitrogens is 2. The minimum atomic E-state index is 0.0109. The first-order valence-corrected chi connectivity index (χ1v) is 9.46. The lowest BCUT2D eigenvalue weighted by molar-refractivity contribution is 0.0221. The zero-order valence-electron chi connectivity index (χ0n) is 15.3. The molecule has 1 aromatic heterocycles. The SMILES string of the molecule is CN1C[C@H](c2ccccc2)CC2(CCN(C(=O)c3cccnn3)CC2)C1. The van der Waals surface area contributed by atoms with Crippen LogP contribution in [0, 0.1) is 5.41 Å². The number of likely N-dealkylation sites (N-methyl/N-ethyl adjacent to an activating group) is 1. The van der Waals surface area contributed by atoms with Crippen molar-refractivity contribution in [1.82, 2.24) is 20.0 Å². The van der Waals surface area contributed by atoms with Crippen LogP contribution in [-0.4, -0.2) is 59.1 Å². The van der Waals surface area contributed by atoms with E-state index in [0.29, 0.717) is 17.0 Å². The summed E-state index contributed by atoms with van der Waals surface area (Å²) in [5, 5.41) is 7.81. The smallest absolute Gasteiger partial charge is 0.274 e. The molecule has 0 bridgehead atoms. The molecule has 1 spiro atoms. The van der Waals surface area contributed by atoms with Gasteiger partial charge in [-0.15, -0.1) is 5.10 Å². The summed E-state index contributed by atoms with van der Waals surface area (Å²) in [5.41, 5.74) is 2.20. The molecule has 0 radical (unpaired) electrons. The van der Waals surface area contributed by atoms with E-state index in [2.05, 4.69) is 52.5 Å². The minimum Gasteiger partial charge on any atom is -0.337 e. The van der Waals surface area contributed by atoms with Gasteiger partial charge in [-0.3, -0.25) is 4.79 Å². The van der Waals surface area contributed by atoms with Crippen LogP contribution in [0.3, 0.4) is 0 Å². The normalized spacial score (nSPS) is 23.1. The summed E-state index contributed by atoms with van der Waals surface area (Å²) in [6.07, 6.45) is 4.94. The van der Waals surface area contributed by atoms with Crippen LogP contribution in [0.1, 0.15) is 41.2 Å². The van der Waals surface area contributed by atoms with Crippen LogP contribution in [0.25, 0.3) is 0 Å². The van der Waals surface area contributed by atoms with E-state index >= 15 is 0 Å². The summed E-state index contributed by atoms with van der Waals surface area (Å²) in [5.74, 6) is 0.592. The first kappa shape index (κ1) is 17.2. The molecule has 1 aromatic carbocycles. The molecule has 4 rings (SSSR count). The van der Waals surface area contributed by atoms with Crippen molar-refractivity contribution in [2.24, 2.45) is 5.41 Å². The van der Waals surface area contributed by atoms with Crippen LogP contribution in [0.2, 0.25) is 0 Å². The van der Waals surface area contributed by atoms with Crippen molar-refractivity contribution in [3.63, 3.8) is 0 Å². The molecule has 0 unspecified atom stereocenters. The fourth-order valence-electron chi connectivity index (χ4n) is 4.74. The zero-order chi connectivity index (χ0) is 18.0. The van der Waals surface area contributed by atoms with Crippen molar-refractivity contribution in [3.8, 4) is 0 Å². The van der Waals surface area contributed by atoms with Crippen molar-refractivity contribution in [3.05, 3.63) is 59.9 Å². The van der Waals surface area contributed by atoms with Gasteiger partial charge in [0.15, 0.2) is 5.69 Å². The van der Waals surface area contributed by atoms with E-state index in [1.807, 2.05) is 4.90 Å². The second-order valence-electron chi connectivity index (χ2n) is 7.91. The number of likely N-dealkylation sites (tertiary alicyclic amines) is 2. The van der Waals surface area contributed by atoms with Gasteiger partial charge >= 0.3 is 0 Å². The molecule has 0 saturated carbocycles. The van der Waals surface area contributed by atoms with Crippen molar-refractivity contribution in [2.45, 2.75) is 25.2 Å². The fraction of sp³-hybridized carbons (Fsp3) is 0.476. The molecule has 1 amide bonds. The van der Waals surface area contributed by atoms with Gasteiger partial charge in [0.05, 0.1) is 0 Å². The van der Waals surface area contributed by atoms with Gasteiger partial charge in [-0.05, 0) is 55.3 Å². The monoisotopic (exact) mass is 350 g/mol. The molecule has 2 aliphatic rings. The zero-order valence-corrected chi connectivity index (χ0v) is 15.3. The van der Waals surface area contributed by atoms with E-state index in [1.54, 1.807) is 18.3 Å². The number of amides is 1. The van der Waals surface area contributed by atoms with Gasteiger partial charge in [0.1, 0.15) is 0 Å². The quantitative estimate of drug-likeness (QED) is 0.836. The van der Waals surface area contributed by atoms with Gasteiger partial charge in [-0.1, -0.05) is 30.3 Å². The largest absolute Gasteiger partial charge is 0.337 e. The van der Waals surface area contributed by atoms with Crippen molar-refractivity contribution in [2.75, 3.05) is 33.2 Å². The molecule has 5 nitrogen and oxygen atoms in total. The standard InChI is InChI=1S/C21H26N4O/c1-24-15-18(17-6-3-2-4-7-17)14-21(16-24)9-12-25(13-10-21)20(26)19-8-5-11-22-23-19/h2-8,11,18H,9-10,12-16H2,1H3/t18-/m1/s1.